The fraction of sp³-hybridized carbons (Fsp3) is 0.312. The van der Waals surface area contributed by atoms with E-state index in [4.69, 9.17) is 0 Å². The Balaban J connectivity index is 0.00000242. The fourth-order valence-electron chi connectivity index (χ4n) is 1.92. The van der Waals surface area contributed by atoms with Crippen molar-refractivity contribution in [3.8, 4) is 5.75 Å². The number of nitrogens with one attached hydrogen (secondary N) is 2. The van der Waals surface area contributed by atoms with Crippen molar-refractivity contribution in [1.29, 1.82) is 0 Å². The van der Waals surface area contributed by atoms with Gasteiger partial charge >= 0.3 is 0 Å². The number of hydrogen-bond acceptors (Lipinski definition) is 3. The molecular formula is C16H22IN3OS. The smallest absolute Gasteiger partial charge is 0.191 e. The third kappa shape index (κ3) is 6.23. The van der Waals surface area contributed by atoms with E-state index in [1.54, 1.807) is 23.5 Å². The highest BCUT2D eigenvalue weighted by Crippen LogP contribution is 2.14. The molecule has 0 aliphatic heterocycles. The van der Waals surface area contributed by atoms with E-state index < -0.39 is 0 Å². The number of phenols is 1. The molecule has 0 bridgehead atoms. The van der Waals surface area contributed by atoms with Gasteiger partial charge in [-0.1, -0.05) is 12.1 Å². The number of benzene rings is 1. The first-order valence-corrected chi connectivity index (χ1v) is 7.84. The van der Waals surface area contributed by atoms with Crippen LogP contribution in [0.25, 0.3) is 0 Å². The second kappa shape index (κ2) is 9.68. The van der Waals surface area contributed by atoms with Crippen LogP contribution in [0.4, 0.5) is 0 Å². The monoisotopic (exact) mass is 431 g/mol. The number of guanidine groups is 1. The molecule has 0 spiro atoms. The SMILES string of the molecule is CCNC(=NCc1cccc(O)c1)NCc1ccc(C)s1.I. The lowest BCUT2D eigenvalue weighted by molar-refractivity contribution is 0.474. The summed E-state index contributed by atoms with van der Waals surface area (Å²) in [5.41, 5.74) is 0.985. The average Bonchev–Trinajstić information content (AvgIpc) is 2.88. The third-order valence-corrected chi connectivity index (χ3v) is 3.90. The van der Waals surface area contributed by atoms with Crippen LogP contribution in [0.3, 0.4) is 0 Å². The van der Waals surface area contributed by atoms with Gasteiger partial charge in [0.05, 0.1) is 13.1 Å². The average molecular weight is 431 g/mol. The highest BCUT2D eigenvalue weighted by atomic mass is 127. The summed E-state index contributed by atoms with van der Waals surface area (Å²) in [6.07, 6.45) is 0. The van der Waals surface area contributed by atoms with Gasteiger partial charge in [-0.05, 0) is 43.7 Å². The highest BCUT2D eigenvalue weighted by molar-refractivity contribution is 14.0. The van der Waals surface area contributed by atoms with E-state index in [0.717, 1.165) is 24.6 Å². The lowest BCUT2D eigenvalue weighted by atomic mass is 10.2. The van der Waals surface area contributed by atoms with E-state index in [2.05, 4.69) is 34.7 Å². The zero-order chi connectivity index (χ0) is 15.1. The van der Waals surface area contributed by atoms with Crippen LogP contribution in [-0.4, -0.2) is 17.6 Å². The summed E-state index contributed by atoms with van der Waals surface area (Å²) in [6.45, 7) is 6.27. The normalized spacial score (nSPS) is 10.9. The second-order valence-corrected chi connectivity index (χ2v) is 6.10. The molecular weight excluding hydrogens is 409 g/mol. The lowest BCUT2D eigenvalue weighted by Gasteiger charge is -2.10. The van der Waals surface area contributed by atoms with Crippen LogP contribution in [-0.2, 0) is 13.1 Å². The topological polar surface area (TPSA) is 56.7 Å². The van der Waals surface area contributed by atoms with E-state index in [9.17, 15) is 5.11 Å². The number of phenolic OH excluding ortho intramolecular Hbond substituents is 1. The van der Waals surface area contributed by atoms with E-state index in [1.165, 1.54) is 9.75 Å². The van der Waals surface area contributed by atoms with Crippen LogP contribution in [0, 0.1) is 6.92 Å². The van der Waals surface area contributed by atoms with Crippen LogP contribution in [0.2, 0.25) is 0 Å². The van der Waals surface area contributed by atoms with Gasteiger partial charge in [-0.25, -0.2) is 4.99 Å². The minimum atomic E-state index is 0. The van der Waals surface area contributed by atoms with E-state index in [0.29, 0.717) is 6.54 Å². The molecule has 0 aliphatic carbocycles. The Hall–Kier alpha value is -1.28. The van der Waals surface area contributed by atoms with Crippen LogP contribution < -0.4 is 10.6 Å². The first-order chi connectivity index (χ1) is 10.2. The number of rotatable bonds is 5. The minimum absolute atomic E-state index is 0. The predicted molar refractivity (Wildman–Crippen MR) is 104 cm³/mol. The molecule has 1 aromatic heterocycles. The van der Waals surface area contributed by atoms with Crippen molar-refractivity contribution in [1.82, 2.24) is 10.6 Å². The largest absolute Gasteiger partial charge is 0.508 e. The molecule has 2 aromatic rings. The summed E-state index contributed by atoms with van der Waals surface area (Å²) in [4.78, 5) is 7.14. The molecule has 0 unspecified atom stereocenters. The van der Waals surface area contributed by atoms with Gasteiger partial charge in [0.15, 0.2) is 5.96 Å². The molecule has 3 N–H and O–H groups in total. The number of aliphatic imine (C=N–C) groups is 1. The Labute approximate surface area is 152 Å². The Bertz CT molecular complexity index is 613. The second-order valence-electron chi connectivity index (χ2n) is 4.73. The van der Waals surface area contributed by atoms with Gasteiger partial charge in [0.25, 0.3) is 0 Å². The molecule has 0 saturated carbocycles. The zero-order valence-corrected chi connectivity index (χ0v) is 15.9. The van der Waals surface area contributed by atoms with Crippen molar-refractivity contribution in [2.75, 3.05) is 6.54 Å². The van der Waals surface area contributed by atoms with Crippen LogP contribution in [0.5, 0.6) is 5.75 Å². The van der Waals surface area contributed by atoms with Gasteiger partial charge in [0, 0.05) is 16.3 Å². The number of hydrogen-bond donors (Lipinski definition) is 3. The molecule has 0 fully saturated rings. The molecule has 0 aliphatic rings. The summed E-state index contributed by atoms with van der Waals surface area (Å²) >= 11 is 1.79. The standard InChI is InChI=1S/C16H21N3OS.HI/c1-3-17-16(19-11-15-8-7-12(2)21-15)18-10-13-5-4-6-14(20)9-13;/h4-9,20H,3,10-11H2,1-2H3,(H2,17,18,19);1H. The molecule has 22 heavy (non-hydrogen) atoms. The summed E-state index contributed by atoms with van der Waals surface area (Å²) in [5.74, 6) is 1.06. The van der Waals surface area contributed by atoms with Gasteiger partial charge in [-0.15, -0.1) is 35.3 Å². The van der Waals surface area contributed by atoms with Crippen molar-refractivity contribution in [3.05, 3.63) is 51.7 Å². The van der Waals surface area contributed by atoms with Crippen molar-refractivity contribution in [2.24, 2.45) is 4.99 Å². The molecule has 2 rings (SSSR count). The molecule has 0 radical (unpaired) electrons. The summed E-state index contributed by atoms with van der Waals surface area (Å²) in [6, 6.07) is 11.4. The van der Waals surface area contributed by atoms with Gasteiger partial charge in [0.1, 0.15) is 5.75 Å². The Kier molecular flexibility index (Phi) is 8.26. The van der Waals surface area contributed by atoms with Crippen molar-refractivity contribution >= 4 is 41.3 Å². The lowest BCUT2D eigenvalue weighted by Crippen LogP contribution is -2.36. The van der Waals surface area contributed by atoms with Crippen molar-refractivity contribution in [2.45, 2.75) is 26.9 Å². The van der Waals surface area contributed by atoms with Gasteiger partial charge < -0.3 is 15.7 Å². The van der Waals surface area contributed by atoms with Crippen molar-refractivity contribution < 1.29 is 5.11 Å². The van der Waals surface area contributed by atoms with Gasteiger partial charge in [0.2, 0.25) is 0 Å². The molecule has 120 valence electrons. The summed E-state index contributed by atoms with van der Waals surface area (Å²) < 4.78 is 0. The number of aromatic hydroxyl groups is 1. The quantitative estimate of drug-likeness (QED) is 0.385. The highest BCUT2D eigenvalue weighted by Gasteiger charge is 2.01. The number of nitrogens with zero attached hydrogens (tertiary/aromatic N) is 1. The van der Waals surface area contributed by atoms with Gasteiger partial charge in [-0.3, -0.25) is 0 Å². The Morgan fingerprint density at radius 1 is 1.23 bits per heavy atom. The molecule has 6 heteroatoms. The maximum atomic E-state index is 9.46. The first kappa shape index (κ1) is 18.8. The number of thiophene rings is 1. The Morgan fingerprint density at radius 3 is 2.68 bits per heavy atom. The first-order valence-electron chi connectivity index (χ1n) is 7.03. The fourth-order valence-corrected chi connectivity index (χ4v) is 2.75. The summed E-state index contributed by atoms with van der Waals surface area (Å²) in [7, 11) is 0. The van der Waals surface area contributed by atoms with E-state index in [-0.39, 0.29) is 29.7 Å². The predicted octanol–water partition coefficient (Wildman–Crippen LogP) is 3.64. The molecule has 4 nitrogen and oxygen atoms in total. The van der Waals surface area contributed by atoms with Crippen LogP contribution in [0.15, 0.2) is 41.4 Å². The van der Waals surface area contributed by atoms with Crippen molar-refractivity contribution in [3.63, 3.8) is 0 Å². The molecule has 0 amide bonds. The zero-order valence-electron chi connectivity index (χ0n) is 12.8. The molecule has 0 saturated heterocycles. The van der Waals surface area contributed by atoms with E-state index >= 15 is 0 Å². The molecule has 0 atom stereocenters. The van der Waals surface area contributed by atoms with E-state index in [1.807, 2.05) is 19.1 Å². The Morgan fingerprint density at radius 2 is 2.05 bits per heavy atom. The molecule has 1 heterocycles. The number of halogens is 1. The van der Waals surface area contributed by atoms with Gasteiger partial charge in [-0.2, -0.15) is 0 Å². The number of aryl methyl sites for hydroxylation is 1. The summed E-state index contributed by atoms with van der Waals surface area (Å²) in [5, 5.41) is 16.0. The maximum absolute atomic E-state index is 9.46. The minimum Gasteiger partial charge on any atom is -0.508 e. The van der Waals surface area contributed by atoms with Crippen LogP contribution >= 0.6 is 35.3 Å². The van der Waals surface area contributed by atoms with Crippen LogP contribution in [0.1, 0.15) is 22.2 Å². The maximum Gasteiger partial charge on any atom is 0.191 e. The molecule has 1 aromatic carbocycles. The third-order valence-electron chi connectivity index (χ3n) is 2.90.